The minimum absolute atomic E-state index is 0.176. The normalized spacial score (nSPS) is 16.3. The number of hydrogen-bond donors (Lipinski definition) is 1. The van der Waals surface area contributed by atoms with Crippen LogP contribution >= 0.6 is 0 Å². The summed E-state index contributed by atoms with van der Waals surface area (Å²) in [4.78, 5) is 13.2. The van der Waals surface area contributed by atoms with Crippen molar-refractivity contribution in [3.63, 3.8) is 0 Å². The van der Waals surface area contributed by atoms with Crippen LogP contribution in [0.1, 0.15) is 58.9 Å². The van der Waals surface area contributed by atoms with Gasteiger partial charge in [-0.2, -0.15) is 0 Å². The van der Waals surface area contributed by atoms with Crippen LogP contribution in [-0.2, 0) is 16.6 Å². The Balaban J connectivity index is 1.54. The lowest BCUT2D eigenvalue weighted by atomic mass is 9.89. The summed E-state index contributed by atoms with van der Waals surface area (Å²) in [6.45, 7) is 7.97. The first kappa shape index (κ1) is 26.5. The topological polar surface area (TPSA) is 84.9 Å². The number of carbonyl (C=O) groups is 1. The first-order chi connectivity index (χ1) is 17.4. The van der Waals surface area contributed by atoms with Crippen LogP contribution in [0.3, 0.4) is 0 Å². The SMILES string of the molecule is COc1ccc2c(c1)OC(C)(C)C[C@H]2NC(=O)c1ccc(CN(c2c(C)cccc2C)S(C)(=O)=O)cc1. The van der Waals surface area contributed by atoms with E-state index in [1.54, 1.807) is 31.4 Å². The highest BCUT2D eigenvalue weighted by Crippen LogP contribution is 2.41. The number of carbonyl (C=O) groups excluding carboxylic acids is 1. The monoisotopic (exact) mass is 522 g/mol. The molecule has 0 saturated carbocycles. The number of ether oxygens (including phenoxy) is 2. The number of anilines is 1. The summed E-state index contributed by atoms with van der Waals surface area (Å²) < 4.78 is 38.2. The van der Waals surface area contributed by atoms with E-state index in [1.807, 2.05) is 64.1 Å². The third kappa shape index (κ3) is 5.91. The molecule has 8 heteroatoms. The Kier molecular flexibility index (Phi) is 7.24. The summed E-state index contributed by atoms with van der Waals surface area (Å²) in [6, 6.07) is 18.2. The summed E-state index contributed by atoms with van der Waals surface area (Å²) >= 11 is 0. The Morgan fingerprint density at radius 2 is 1.73 bits per heavy atom. The number of amides is 1. The van der Waals surface area contributed by atoms with Gasteiger partial charge < -0.3 is 14.8 Å². The Morgan fingerprint density at radius 1 is 1.08 bits per heavy atom. The second-order valence-corrected chi connectivity index (χ2v) is 12.1. The maximum atomic E-state index is 13.2. The number of benzene rings is 3. The number of para-hydroxylation sites is 1. The number of rotatable bonds is 7. The van der Waals surface area contributed by atoms with E-state index >= 15 is 0 Å². The van der Waals surface area contributed by atoms with Crippen molar-refractivity contribution in [3.05, 3.63) is 88.5 Å². The lowest BCUT2D eigenvalue weighted by molar-refractivity contribution is 0.0617. The summed E-state index contributed by atoms with van der Waals surface area (Å²) in [7, 11) is -1.91. The van der Waals surface area contributed by atoms with Gasteiger partial charge in [-0.25, -0.2) is 8.42 Å². The molecule has 4 rings (SSSR count). The lowest BCUT2D eigenvalue weighted by Gasteiger charge is -2.38. The number of sulfonamides is 1. The molecule has 1 aliphatic rings. The minimum Gasteiger partial charge on any atom is -0.497 e. The Hall–Kier alpha value is -3.52. The highest BCUT2D eigenvalue weighted by atomic mass is 32.2. The average Bonchev–Trinajstić information content (AvgIpc) is 2.82. The molecular formula is C29H34N2O5S. The maximum Gasteiger partial charge on any atom is 0.251 e. The van der Waals surface area contributed by atoms with Gasteiger partial charge in [0.15, 0.2) is 0 Å². The second kappa shape index (κ2) is 10.1. The molecule has 0 fully saturated rings. The number of nitrogens with one attached hydrogen (secondary N) is 1. The zero-order valence-electron chi connectivity index (χ0n) is 22.2. The molecule has 1 N–H and O–H groups in total. The molecule has 0 unspecified atom stereocenters. The Labute approximate surface area is 219 Å². The van der Waals surface area contributed by atoms with Gasteiger partial charge in [-0.3, -0.25) is 9.10 Å². The molecule has 0 aliphatic carbocycles. The van der Waals surface area contributed by atoms with E-state index < -0.39 is 15.6 Å². The zero-order valence-corrected chi connectivity index (χ0v) is 23.0. The second-order valence-electron chi connectivity index (χ2n) is 10.2. The maximum absolute atomic E-state index is 13.2. The van der Waals surface area contributed by atoms with Crippen molar-refractivity contribution < 1.29 is 22.7 Å². The molecule has 0 aromatic heterocycles. The van der Waals surface area contributed by atoms with Gasteiger partial charge in [-0.1, -0.05) is 30.3 Å². The summed E-state index contributed by atoms with van der Waals surface area (Å²) in [6.07, 6.45) is 1.83. The minimum atomic E-state index is -3.52. The smallest absolute Gasteiger partial charge is 0.251 e. The molecule has 0 bridgehead atoms. The van der Waals surface area contributed by atoms with E-state index in [0.29, 0.717) is 29.2 Å². The van der Waals surface area contributed by atoms with Crippen LogP contribution in [0, 0.1) is 13.8 Å². The molecule has 1 aliphatic heterocycles. The van der Waals surface area contributed by atoms with Crippen molar-refractivity contribution in [2.45, 2.75) is 52.3 Å². The number of nitrogens with zero attached hydrogens (tertiary/aromatic N) is 1. The van der Waals surface area contributed by atoms with Crippen molar-refractivity contribution in [2.24, 2.45) is 0 Å². The van der Waals surface area contributed by atoms with E-state index in [9.17, 15) is 13.2 Å². The average molecular weight is 523 g/mol. The van der Waals surface area contributed by atoms with Gasteiger partial charge in [0.05, 0.1) is 31.6 Å². The van der Waals surface area contributed by atoms with Gasteiger partial charge in [-0.15, -0.1) is 0 Å². The van der Waals surface area contributed by atoms with Crippen LogP contribution in [0.4, 0.5) is 5.69 Å². The zero-order chi connectivity index (χ0) is 27.0. The molecule has 37 heavy (non-hydrogen) atoms. The fourth-order valence-corrected chi connectivity index (χ4v) is 5.82. The molecule has 0 spiro atoms. The number of fused-ring (bicyclic) bond motifs is 1. The molecular weight excluding hydrogens is 488 g/mol. The fraction of sp³-hybridized carbons (Fsp3) is 0.345. The van der Waals surface area contributed by atoms with Crippen LogP contribution in [0.25, 0.3) is 0 Å². The first-order valence-corrected chi connectivity index (χ1v) is 14.0. The number of hydrogen-bond acceptors (Lipinski definition) is 5. The Bertz CT molecular complexity index is 1390. The summed E-state index contributed by atoms with van der Waals surface area (Å²) in [5.41, 5.74) is 4.20. The van der Waals surface area contributed by atoms with E-state index in [0.717, 1.165) is 22.3 Å². The molecule has 1 heterocycles. The van der Waals surface area contributed by atoms with Gasteiger partial charge in [-0.05, 0) is 68.7 Å². The Morgan fingerprint density at radius 3 is 2.32 bits per heavy atom. The number of methoxy groups -OCH3 is 1. The summed E-state index contributed by atoms with van der Waals surface area (Å²) in [5, 5.41) is 3.14. The molecule has 0 radical (unpaired) electrons. The van der Waals surface area contributed by atoms with Crippen molar-refractivity contribution in [1.29, 1.82) is 0 Å². The van der Waals surface area contributed by atoms with E-state index in [1.165, 1.54) is 10.6 Å². The molecule has 1 amide bonds. The molecule has 196 valence electrons. The quantitative estimate of drug-likeness (QED) is 0.455. The van der Waals surface area contributed by atoms with E-state index in [2.05, 4.69) is 5.32 Å². The van der Waals surface area contributed by atoms with Crippen LogP contribution in [0.5, 0.6) is 11.5 Å². The largest absolute Gasteiger partial charge is 0.497 e. The standard InChI is InChI=1S/C29H34N2O5S/c1-19-8-7-9-20(2)27(19)31(37(6,33)34)18-21-10-12-22(13-11-21)28(32)30-25-17-29(3,4)36-26-16-23(35-5)14-15-24(25)26/h7-16,25H,17-18H2,1-6H3,(H,30,32)/t25-/m1/s1. The highest BCUT2D eigenvalue weighted by molar-refractivity contribution is 7.92. The summed E-state index contributed by atoms with van der Waals surface area (Å²) in [5.74, 6) is 1.19. The van der Waals surface area contributed by atoms with Gasteiger partial charge >= 0.3 is 0 Å². The van der Waals surface area contributed by atoms with Crippen molar-refractivity contribution >= 4 is 21.6 Å². The molecule has 7 nitrogen and oxygen atoms in total. The predicted octanol–water partition coefficient (Wildman–Crippen LogP) is 5.31. The highest BCUT2D eigenvalue weighted by Gasteiger charge is 2.35. The van der Waals surface area contributed by atoms with Gasteiger partial charge in [0.2, 0.25) is 10.0 Å². The van der Waals surface area contributed by atoms with Crippen LogP contribution in [-0.4, -0.2) is 33.3 Å². The van der Waals surface area contributed by atoms with Crippen LogP contribution < -0.4 is 19.1 Å². The third-order valence-corrected chi connectivity index (χ3v) is 7.73. The van der Waals surface area contributed by atoms with Crippen molar-refractivity contribution in [1.82, 2.24) is 5.32 Å². The van der Waals surface area contributed by atoms with Crippen LogP contribution in [0.2, 0.25) is 0 Å². The number of aryl methyl sites for hydroxylation is 2. The predicted molar refractivity (Wildman–Crippen MR) is 146 cm³/mol. The fourth-order valence-electron chi connectivity index (χ4n) is 4.82. The molecule has 3 aromatic rings. The molecule has 1 atom stereocenters. The van der Waals surface area contributed by atoms with Crippen LogP contribution in [0.15, 0.2) is 60.7 Å². The van der Waals surface area contributed by atoms with Gasteiger partial charge in [0.25, 0.3) is 5.91 Å². The third-order valence-electron chi connectivity index (χ3n) is 6.61. The van der Waals surface area contributed by atoms with Gasteiger partial charge in [0, 0.05) is 23.6 Å². The van der Waals surface area contributed by atoms with E-state index in [4.69, 9.17) is 9.47 Å². The van der Waals surface area contributed by atoms with E-state index in [-0.39, 0.29) is 18.5 Å². The first-order valence-electron chi connectivity index (χ1n) is 12.2. The lowest BCUT2D eigenvalue weighted by Crippen LogP contribution is -2.41. The van der Waals surface area contributed by atoms with Crippen molar-refractivity contribution in [2.75, 3.05) is 17.7 Å². The van der Waals surface area contributed by atoms with Crippen molar-refractivity contribution in [3.8, 4) is 11.5 Å². The van der Waals surface area contributed by atoms with Gasteiger partial charge in [0.1, 0.15) is 17.1 Å². The molecule has 0 saturated heterocycles. The molecule has 3 aromatic carbocycles.